The van der Waals surface area contributed by atoms with Crippen LogP contribution in [0.4, 0.5) is 11.4 Å². The number of piperazine rings is 1. The average molecular weight is 318 g/mol. The number of nitro groups is 1. The molecule has 1 atom stereocenters. The second kappa shape index (κ2) is 6.95. The summed E-state index contributed by atoms with van der Waals surface area (Å²) in [5.74, 6) is 0.198. The number of rotatable bonds is 3. The molecule has 7 nitrogen and oxygen atoms in total. The standard InChI is InChI=1S/C16H22N4O3/c21-16(15-6-1-2-7-17-15)19-10-8-18(9-11-19)13-4-3-5-14(12-13)20(22)23/h3-5,12,15,17H,1-2,6-11H2. The highest BCUT2D eigenvalue weighted by Gasteiger charge is 2.28. The Morgan fingerprint density at radius 1 is 1.22 bits per heavy atom. The van der Waals surface area contributed by atoms with Crippen molar-refractivity contribution in [1.82, 2.24) is 10.2 Å². The molecule has 0 aromatic heterocycles. The van der Waals surface area contributed by atoms with Crippen molar-refractivity contribution in [3.05, 3.63) is 34.4 Å². The molecule has 0 radical (unpaired) electrons. The number of piperidine rings is 1. The van der Waals surface area contributed by atoms with Gasteiger partial charge in [0.1, 0.15) is 0 Å². The van der Waals surface area contributed by atoms with Gasteiger partial charge in [0, 0.05) is 44.0 Å². The molecule has 0 spiro atoms. The van der Waals surface area contributed by atoms with Gasteiger partial charge in [0.15, 0.2) is 0 Å². The van der Waals surface area contributed by atoms with Gasteiger partial charge in [-0.3, -0.25) is 14.9 Å². The minimum absolute atomic E-state index is 0.0342. The van der Waals surface area contributed by atoms with Crippen molar-refractivity contribution in [2.24, 2.45) is 0 Å². The molecule has 2 saturated heterocycles. The van der Waals surface area contributed by atoms with Crippen LogP contribution < -0.4 is 10.2 Å². The fourth-order valence-corrected chi connectivity index (χ4v) is 3.27. The number of amides is 1. The minimum Gasteiger partial charge on any atom is -0.368 e. The number of nitro benzene ring substituents is 1. The topological polar surface area (TPSA) is 78.7 Å². The van der Waals surface area contributed by atoms with Crippen LogP contribution in [0.5, 0.6) is 0 Å². The first kappa shape index (κ1) is 15.7. The minimum atomic E-state index is -0.377. The zero-order chi connectivity index (χ0) is 16.2. The van der Waals surface area contributed by atoms with Gasteiger partial charge in [0.25, 0.3) is 5.69 Å². The van der Waals surface area contributed by atoms with Gasteiger partial charge in [0.2, 0.25) is 5.91 Å². The number of anilines is 1. The highest BCUT2D eigenvalue weighted by Crippen LogP contribution is 2.22. The molecule has 2 heterocycles. The average Bonchev–Trinajstić information content (AvgIpc) is 2.62. The van der Waals surface area contributed by atoms with E-state index in [9.17, 15) is 14.9 Å². The molecule has 1 N–H and O–H groups in total. The van der Waals surface area contributed by atoms with Crippen LogP contribution in [0.1, 0.15) is 19.3 Å². The van der Waals surface area contributed by atoms with E-state index in [2.05, 4.69) is 10.2 Å². The highest BCUT2D eigenvalue weighted by atomic mass is 16.6. The summed E-state index contributed by atoms with van der Waals surface area (Å²) >= 11 is 0. The lowest BCUT2D eigenvalue weighted by Gasteiger charge is -2.38. The molecular weight excluding hydrogens is 296 g/mol. The normalized spacial score (nSPS) is 22.0. The zero-order valence-corrected chi connectivity index (χ0v) is 13.1. The predicted molar refractivity (Wildman–Crippen MR) is 87.5 cm³/mol. The smallest absolute Gasteiger partial charge is 0.271 e. The first-order chi connectivity index (χ1) is 11.1. The predicted octanol–water partition coefficient (Wildman–Crippen LogP) is 1.39. The largest absolute Gasteiger partial charge is 0.368 e. The summed E-state index contributed by atoms with van der Waals surface area (Å²) in [4.78, 5) is 27.0. The maximum absolute atomic E-state index is 12.5. The van der Waals surface area contributed by atoms with E-state index in [-0.39, 0.29) is 22.6 Å². The van der Waals surface area contributed by atoms with Gasteiger partial charge in [-0.2, -0.15) is 0 Å². The molecule has 0 aliphatic carbocycles. The van der Waals surface area contributed by atoms with Crippen molar-refractivity contribution >= 4 is 17.3 Å². The van der Waals surface area contributed by atoms with Crippen LogP contribution in [-0.2, 0) is 4.79 Å². The molecule has 124 valence electrons. The molecular formula is C16H22N4O3. The Morgan fingerprint density at radius 3 is 2.65 bits per heavy atom. The van der Waals surface area contributed by atoms with Crippen LogP contribution >= 0.6 is 0 Å². The summed E-state index contributed by atoms with van der Waals surface area (Å²) < 4.78 is 0. The van der Waals surface area contributed by atoms with E-state index < -0.39 is 0 Å². The second-order valence-corrected chi connectivity index (χ2v) is 6.09. The molecule has 0 bridgehead atoms. The molecule has 0 saturated carbocycles. The van der Waals surface area contributed by atoms with Crippen molar-refractivity contribution in [3.63, 3.8) is 0 Å². The molecule has 2 aliphatic rings. The van der Waals surface area contributed by atoms with E-state index in [0.29, 0.717) is 26.2 Å². The van der Waals surface area contributed by atoms with Crippen molar-refractivity contribution in [3.8, 4) is 0 Å². The van der Waals surface area contributed by atoms with Crippen LogP contribution in [0, 0.1) is 10.1 Å². The number of carbonyl (C=O) groups is 1. The lowest BCUT2D eigenvalue weighted by atomic mass is 10.0. The van der Waals surface area contributed by atoms with E-state index in [1.807, 2.05) is 11.0 Å². The van der Waals surface area contributed by atoms with Crippen LogP contribution in [0.3, 0.4) is 0 Å². The van der Waals surface area contributed by atoms with Crippen molar-refractivity contribution in [1.29, 1.82) is 0 Å². The van der Waals surface area contributed by atoms with Crippen molar-refractivity contribution < 1.29 is 9.72 Å². The summed E-state index contributed by atoms with van der Waals surface area (Å²) in [7, 11) is 0. The maximum atomic E-state index is 12.5. The van der Waals surface area contributed by atoms with Gasteiger partial charge in [-0.15, -0.1) is 0 Å². The van der Waals surface area contributed by atoms with E-state index in [0.717, 1.165) is 31.5 Å². The summed E-state index contributed by atoms with van der Waals surface area (Å²) in [6.07, 6.45) is 3.17. The molecule has 1 amide bonds. The monoisotopic (exact) mass is 318 g/mol. The fourth-order valence-electron chi connectivity index (χ4n) is 3.27. The third kappa shape index (κ3) is 3.61. The Kier molecular flexibility index (Phi) is 4.76. The number of hydrogen-bond acceptors (Lipinski definition) is 5. The van der Waals surface area contributed by atoms with Crippen LogP contribution in [0.25, 0.3) is 0 Å². The number of benzene rings is 1. The lowest BCUT2D eigenvalue weighted by Crippen LogP contribution is -2.55. The van der Waals surface area contributed by atoms with E-state index in [4.69, 9.17) is 0 Å². The summed E-state index contributed by atoms with van der Waals surface area (Å²) in [6, 6.07) is 6.65. The Hall–Kier alpha value is -2.15. The van der Waals surface area contributed by atoms with E-state index >= 15 is 0 Å². The summed E-state index contributed by atoms with van der Waals surface area (Å²) in [5, 5.41) is 14.2. The fraction of sp³-hybridized carbons (Fsp3) is 0.562. The first-order valence-corrected chi connectivity index (χ1v) is 8.17. The first-order valence-electron chi connectivity index (χ1n) is 8.17. The second-order valence-electron chi connectivity index (χ2n) is 6.09. The number of hydrogen-bond donors (Lipinski definition) is 1. The number of carbonyl (C=O) groups excluding carboxylic acids is 1. The summed E-state index contributed by atoms with van der Waals surface area (Å²) in [5.41, 5.74) is 0.953. The number of non-ortho nitro benzene ring substituents is 1. The van der Waals surface area contributed by atoms with Gasteiger partial charge in [-0.1, -0.05) is 12.5 Å². The van der Waals surface area contributed by atoms with Crippen LogP contribution in [0.15, 0.2) is 24.3 Å². The molecule has 1 aromatic carbocycles. The van der Waals surface area contributed by atoms with Gasteiger partial charge in [-0.05, 0) is 25.5 Å². The SMILES string of the molecule is O=C(C1CCCCN1)N1CCN(c2cccc([N+](=O)[O-])c2)CC1. The molecule has 7 heteroatoms. The quantitative estimate of drug-likeness (QED) is 0.673. The van der Waals surface area contributed by atoms with Crippen molar-refractivity contribution in [2.45, 2.75) is 25.3 Å². The van der Waals surface area contributed by atoms with Crippen LogP contribution in [-0.4, -0.2) is 54.5 Å². The Bertz CT molecular complexity index is 578. The van der Waals surface area contributed by atoms with E-state index in [1.165, 1.54) is 6.07 Å². The molecule has 1 aromatic rings. The van der Waals surface area contributed by atoms with Crippen LogP contribution in [0.2, 0.25) is 0 Å². The Balaban J connectivity index is 1.58. The Labute approximate surface area is 135 Å². The highest BCUT2D eigenvalue weighted by molar-refractivity contribution is 5.82. The molecule has 23 heavy (non-hydrogen) atoms. The number of nitrogens with one attached hydrogen (secondary N) is 1. The molecule has 2 aliphatic heterocycles. The van der Waals surface area contributed by atoms with E-state index in [1.54, 1.807) is 12.1 Å². The zero-order valence-electron chi connectivity index (χ0n) is 13.1. The Morgan fingerprint density at radius 2 is 2.00 bits per heavy atom. The maximum Gasteiger partial charge on any atom is 0.271 e. The third-order valence-electron chi connectivity index (χ3n) is 4.61. The third-order valence-corrected chi connectivity index (χ3v) is 4.61. The number of nitrogens with zero attached hydrogens (tertiary/aromatic N) is 3. The molecule has 3 rings (SSSR count). The van der Waals surface area contributed by atoms with Crippen molar-refractivity contribution in [2.75, 3.05) is 37.6 Å². The van der Waals surface area contributed by atoms with Gasteiger partial charge in [0.05, 0.1) is 11.0 Å². The molecule has 1 unspecified atom stereocenters. The molecule has 2 fully saturated rings. The summed E-state index contributed by atoms with van der Waals surface area (Å²) in [6.45, 7) is 3.67. The lowest BCUT2D eigenvalue weighted by molar-refractivity contribution is -0.384. The van der Waals surface area contributed by atoms with Gasteiger partial charge >= 0.3 is 0 Å². The van der Waals surface area contributed by atoms with Gasteiger partial charge < -0.3 is 15.1 Å². The van der Waals surface area contributed by atoms with Gasteiger partial charge in [-0.25, -0.2) is 0 Å².